The molecule has 0 aliphatic carbocycles. The molecule has 0 aliphatic heterocycles. The first kappa shape index (κ1) is 28.6. The van der Waals surface area contributed by atoms with Crippen LogP contribution >= 0.6 is 0 Å². The molecule has 0 saturated heterocycles. The number of nitrogens with zero attached hydrogens (tertiary/aromatic N) is 1. The Kier molecular flexibility index (Phi) is 10.6. The Labute approximate surface area is 222 Å². The highest BCUT2D eigenvalue weighted by atomic mass is 16.7. The van der Waals surface area contributed by atoms with Crippen molar-refractivity contribution in [3.8, 4) is 11.5 Å². The molecule has 0 spiro atoms. The topological polar surface area (TPSA) is 116 Å². The van der Waals surface area contributed by atoms with E-state index in [9.17, 15) is 14.7 Å². The van der Waals surface area contributed by atoms with Gasteiger partial charge in [-0.3, -0.25) is 4.79 Å². The number of carbonyl (C=O) groups excluding carboxylic acids is 2. The van der Waals surface area contributed by atoms with Crippen LogP contribution in [0.3, 0.4) is 0 Å². The van der Waals surface area contributed by atoms with Crippen LogP contribution in [-0.2, 0) is 20.7 Å². The number of aliphatic hydroxyl groups excluding tert-OH is 1. The van der Waals surface area contributed by atoms with Gasteiger partial charge in [0.2, 0.25) is 0 Å². The fourth-order valence-corrected chi connectivity index (χ4v) is 3.90. The molecule has 0 saturated carbocycles. The molecule has 1 heterocycles. The second-order valence-corrected chi connectivity index (χ2v) is 8.76. The van der Waals surface area contributed by atoms with E-state index in [0.29, 0.717) is 6.42 Å². The van der Waals surface area contributed by atoms with Gasteiger partial charge in [-0.15, -0.1) is 0 Å². The smallest absolute Gasteiger partial charge is 0.328 e. The molecule has 1 aromatic heterocycles. The third-order valence-corrected chi connectivity index (χ3v) is 5.91. The Bertz CT molecular complexity index is 1170. The zero-order valence-corrected chi connectivity index (χ0v) is 22.0. The average Bonchev–Trinajstić information content (AvgIpc) is 2.92. The van der Waals surface area contributed by atoms with E-state index in [1.807, 2.05) is 67.6 Å². The number of hydrogen-bond donors (Lipinski definition) is 2. The van der Waals surface area contributed by atoms with Crippen molar-refractivity contribution in [1.82, 2.24) is 10.3 Å². The summed E-state index contributed by atoms with van der Waals surface area (Å²) in [6.07, 6.45) is 0.544. The normalized spacial score (nSPS) is 14.0. The van der Waals surface area contributed by atoms with Gasteiger partial charge in [0.1, 0.15) is 12.1 Å². The van der Waals surface area contributed by atoms with E-state index >= 15 is 0 Å². The predicted octanol–water partition coefficient (Wildman–Crippen LogP) is 3.86. The minimum atomic E-state index is -1.06. The van der Waals surface area contributed by atoms with E-state index in [-0.39, 0.29) is 29.9 Å². The first-order chi connectivity index (χ1) is 18.3. The van der Waals surface area contributed by atoms with Crippen LogP contribution in [0, 0.1) is 0 Å². The van der Waals surface area contributed by atoms with Gasteiger partial charge in [0.25, 0.3) is 5.91 Å². The fourth-order valence-electron chi connectivity index (χ4n) is 3.90. The van der Waals surface area contributed by atoms with Gasteiger partial charge in [-0.25, -0.2) is 9.78 Å². The number of methoxy groups -OCH3 is 1. The molecular formula is C29H34N2O7. The van der Waals surface area contributed by atoms with E-state index in [0.717, 1.165) is 11.1 Å². The number of pyridine rings is 1. The SMILES string of the molecule is COc1ccnc(C(=O)N[C@@H](C)C(=O)O[C@@H](C)[C@H](Cc2ccccc2)c2ccccc2)c1OCOC(C)O. The Morgan fingerprint density at radius 1 is 0.974 bits per heavy atom. The number of nitrogens with one attached hydrogen (secondary N) is 1. The zero-order chi connectivity index (χ0) is 27.5. The molecule has 9 nitrogen and oxygen atoms in total. The molecule has 202 valence electrons. The van der Waals surface area contributed by atoms with Crippen molar-refractivity contribution in [2.45, 2.75) is 51.5 Å². The maximum Gasteiger partial charge on any atom is 0.328 e. The van der Waals surface area contributed by atoms with E-state index in [1.54, 1.807) is 6.92 Å². The lowest BCUT2D eigenvalue weighted by Crippen LogP contribution is -2.41. The number of rotatable bonds is 13. The maximum atomic E-state index is 13.0. The van der Waals surface area contributed by atoms with Crippen molar-refractivity contribution in [1.29, 1.82) is 0 Å². The van der Waals surface area contributed by atoms with Crippen molar-refractivity contribution >= 4 is 11.9 Å². The summed E-state index contributed by atoms with van der Waals surface area (Å²) in [5.41, 5.74) is 2.08. The summed E-state index contributed by atoms with van der Waals surface area (Å²) >= 11 is 0. The van der Waals surface area contributed by atoms with E-state index in [2.05, 4.69) is 10.3 Å². The first-order valence-electron chi connectivity index (χ1n) is 12.4. The van der Waals surface area contributed by atoms with E-state index < -0.39 is 30.3 Å². The summed E-state index contributed by atoms with van der Waals surface area (Å²) in [5.74, 6) is -1.05. The van der Waals surface area contributed by atoms with Crippen LogP contribution in [0.2, 0.25) is 0 Å². The molecular weight excluding hydrogens is 488 g/mol. The highest BCUT2D eigenvalue weighted by Gasteiger charge is 2.28. The van der Waals surface area contributed by atoms with Crippen molar-refractivity contribution in [2.24, 2.45) is 0 Å². The molecule has 3 rings (SSSR count). The van der Waals surface area contributed by atoms with Gasteiger partial charge < -0.3 is 29.4 Å². The van der Waals surface area contributed by atoms with Crippen LogP contribution in [0.15, 0.2) is 72.9 Å². The summed E-state index contributed by atoms with van der Waals surface area (Å²) in [6, 6.07) is 20.4. The Hall–Kier alpha value is -3.95. The second kappa shape index (κ2) is 14.1. The van der Waals surface area contributed by atoms with Gasteiger partial charge >= 0.3 is 5.97 Å². The molecule has 1 amide bonds. The van der Waals surface area contributed by atoms with Crippen LogP contribution in [0.1, 0.15) is 48.3 Å². The fraction of sp³-hybridized carbons (Fsp3) is 0.345. The number of amides is 1. The van der Waals surface area contributed by atoms with Crippen LogP contribution in [0.25, 0.3) is 0 Å². The second-order valence-electron chi connectivity index (χ2n) is 8.76. The number of aromatic nitrogens is 1. The summed E-state index contributed by atoms with van der Waals surface area (Å²) < 4.78 is 21.6. The molecule has 0 aliphatic rings. The lowest BCUT2D eigenvalue weighted by Gasteiger charge is -2.26. The number of benzene rings is 2. The molecule has 2 N–H and O–H groups in total. The Balaban J connectivity index is 1.70. The predicted molar refractivity (Wildman–Crippen MR) is 141 cm³/mol. The van der Waals surface area contributed by atoms with Crippen molar-refractivity contribution in [3.63, 3.8) is 0 Å². The molecule has 0 bridgehead atoms. The average molecular weight is 523 g/mol. The minimum absolute atomic E-state index is 0.0223. The number of ether oxygens (including phenoxy) is 4. The molecule has 1 unspecified atom stereocenters. The van der Waals surface area contributed by atoms with Gasteiger partial charge in [-0.05, 0) is 38.3 Å². The van der Waals surface area contributed by atoms with Gasteiger partial charge in [-0.1, -0.05) is 60.7 Å². The van der Waals surface area contributed by atoms with Crippen molar-refractivity contribution in [3.05, 3.63) is 89.7 Å². The Morgan fingerprint density at radius 2 is 1.63 bits per heavy atom. The van der Waals surface area contributed by atoms with Crippen LogP contribution in [-0.4, -0.2) is 54.3 Å². The number of aliphatic hydroxyl groups is 1. The van der Waals surface area contributed by atoms with E-state index in [4.69, 9.17) is 18.9 Å². The number of carbonyl (C=O) groups is 2. The van der Waals surface area contributed by atoms with Gasteiger partial charge in [0, 0.05) is 18.2 Å². The largest absolute Gasteiger partial charge is 0.493 e. The molecule has 38 heavy (non-hydrogen) atoms. The highest BCUT2D eigenvalue weighted by Crippen LogP contribution is 2.30. The van der Waals surface area contributed by atoms with Gasteiger partial charge in [0.05, 0.1) is 7.11 Å². The summed E-state index contributed by atoms with van der Waals surface area (Å²) in [6.45, 7) is 4.48. The molecule has 3 aromatic rings. The molecule has 2 aromatic carbocycles. The van der Waals surface area contributed by atoms with Crippen molar-refractivity contribution in [2.75, 3.05) is 13.9 Å². The third kappa shape index (κ3) is 8.03. The lowest BCUT2D eigenvalue weighted by atomic mass is 9.88. The van der Waals surface area contributed by atoms with Crippen LogP contribution in [0.4, 0.5) is 0 Å². The standard InChI is InChI=1S/C29H34N2O7/c1-19(31-28(33)26-27(37-18-36-21(3)32)25(35-4)15-16-30-26)29(34)38-20(2)24(23-13-9-6-10-14-23)17-22-11-7-5-8-12-22/h5-16,19-21,24,32H,17-18H2,1-4H3,(H,31,33)/t19-,20-,21?,24-/m0/s1. The van der Waals surface area contributed by atoms with Gasteiger partial charge in [-0.2, -0.15) is 0 Å². The summed E-state index contributed by atoms with van der Waals surface area (Å²) in [7, 11) is 1.42. The van der Waals surface area contributed by atoms with Gasteiger partial charge in [0.15, 0.2) is 30.3 Å². The van der Waals surface area contributed by atoms with Crippen LogP contribution in [0.5, 0.6) is 11.5 Å². The Morgan fingerprint density at radius 3 is 2.26 bits per heavy atom. The molecule has 4 atom stereocenters. The maximum absolute atomic E-state index is 13.0. The molecule has 9 heteroatoms. The number of hydrogen-bond acceptors (Lipinski definition) is 8. The summed E-state index contributed by atoms with van der Waals surface area (Å²) in [5, 5.41) is 11.9. The first-order valence-corrected chi connectivity index (χ1v) is 12.4. The van der Waals surface area contributed by atoms with Crippen LogP contribution < -0.4 is 14.8 Å². The molecule has 0 radical (unpaired) electrons. The molecule has 0 fully saturated rings. The number of esters is 1. The third-order valence-electron chi connectivity index (χ3n) is 5.91. The quantitative estimate of drug-likeness (QED) is 0.257. The zero-order valence-electron chi connectivity index (χ0n) is 22.0. The lowest BCUT2D eigenvalue weighted by molar-refractivity contribution is -0.151. The van der Waals surface area contributed by atoms with E-state index in [1.165, 1.54) is 26.3 Å². The summed E-state index contributed by atoms with van der Waals surface area (Å²) in [4.78, 5) is 30.1. The minimum Gasteiger partial charge on any atom is -0.493 e. The van der Waals surface area contributed by atoms with Crippen molar-refractivity contribution < 1.29 is 33.6 Å². The highest BCUT2D eigenvalue weighted by molar-refractivity contribution is 5.98. The monoisotopic (exact) mass is 522 g/mol.